The standard InChI is InChI=1S/C11H13NO/c12-6-10(13)11-3-7-1-8(4-11)9(2-7)5-11/h7-9H,1-5H2. The molecule has 0 aliphatic heterocycles. The van der Waals surface area contributed by atoms with Gasteiger partial charge in [0, 0.05) is 5.41 Å². The van der Waals surface area contributed by atoms with Gasteiger partial charge in [0.25, 0.3) is 0 Å². The summed E-state index contributed by atoms with van der Waals surface area (Å²) in [6, 6.07) is 1.86. The summed E-state index contributed by atoms with van der Waals surface area (Å²) >= 11 is 0. The first-order valence-electron chi connectivity index (χ1n) is 5.18. The Hall–Kier alpha value is -0.840. The van der Waals surface area contributed by atoms with Crippen LogP contribution in [0.15, 0.2) is 0 Å². The molecule has 0 aromatic heterocycles. The van der Waals surface area contributed by atoms with E-state index in [1.807, 2.05) is 6.07 Å². The normalized spacial score (nSPS) is 50.8. The third-order valence-corrected chi connectivity index (χ3v) is 4.51. The topological polar surface area (TPSA) is 40.9 Å². The van der Waals surface area contributed by atoms with Gasteiger partial charge >= 0.3 is 0 Å². The molecular weight excluding hydrogens is 162 g/mol. The van der Waals surface area contributed by atoms with E-state index in [9.17, 15) is 4.79 Å². The van der Waals surface area contributed by atoms with Crippen molar-refractivity contribution in [3.63, 3.8) is 0 Å². The zero-order valence-electron chi connectivity index (χ0n) is 7.62. The SMILES string of the molecule is N#CC(=O)C12CC3CC(C1)C(C3)C2. The van der Waals surface area contributed by atoms with Crippen LogP contribution in [-0.2, 0) is 4.79 Å². The molecule has 4 rings (SSSR count). The van der Waals surface area contributed by atoms with E-state index in [-0.39, 0.29) is 11.2 Å². The Morgan fingerprint density at radius 1 is 1.23 bits per heavy atom. The minimum atomic E-state index is -0.175. The number of rotatable bonds is 1. The van der Waals surface area contributed by atoms with Gasteiger partial charge in [-0.25, -0.2) is 0 Å². The molecule has 0 radical (unpaired) electrons. The molecule has 68 valence electrons. The molecule has 4 aliphatic carbocycles. The largest absolute Gasteiger partial charge is 0.282 e. The predicted molar refractivity (Wildman–Crippen MR) is 46.6 cm³/mol. The molecule has 0 spiro atoms. The van der Waals surface area contributed by atoms with Crippen molar-refractivity contribution in [1.29, 1.82) is 5.26 Å². The first kappa shape index (κ1) is 7.55. The van der Waals surface area contributed by atoms with Crippen molar-refractivity contribution < 1.29 is 4.79 Å². The summed E-state index contributed by atoms with van der Waals surface area (Å²) in [5.41, 5.74) is -0.175. The van der Waals surface area contributed by atoms with E-state index in [1.54, 1.807) is 0 Å². The van der Waals surface area contributed by atoms with Gasteiger partial charge in [-0.3, -0.25) is 4.79 Å². The molecule has 0 aromatic rings. The Bertz CT molecular complexity index is 295. The highest BCUT2D eigenvalue weighted by atomic mass is 16.1. The third kappa shape index (κ3) is 0.802. The minimum Gasteiger partial charge on any atom is -0.282 e. The van der Waals surface area contributed by atoms with Gasteiger partial charge < -0.3 is 0 Å². The van der Waals surface area contributed by atoms with Crippen molar-refractivity contribution in [3.8, 4) is 6.07 Å². The van der Waals surface area contributed by atoms with Crippen LogP contribution in [0.4, 0.5) is 0 Å². The van der Waals surface area contributed by atoms with Gasteiger partial charge in [-0.05, 0) is 49.9 Å². The van der Waals surface area contributed by atoms with E-state index >= 15 is 0 Å². The average Bonchev–Trinajstić information content (AvgIpc) is 2.53. The molecule has 2 heteroatoms. The van der Waals surface area contributed by atoms with Crippen molar-refractivity contribution >= 4 is 5.78 Å². The molecule has 2 atom stereocenters. The molecule has 4 aliphatic rings. The molecule has 0 aromatic carbocycles. The lowest BCUT2D eigenvalue weighted by Crippen LogP contribution is -2.34. The summed E-state index contributed by atoms with van der Waals surface area (Å²) in [5, 5.41) is 8.70. The van der Waals surface area contributed by atoms with Gasteiger partial charge in [-0.15, -0.1) is 0 Å². The number of carbonyl (C=O) groups is 1. The van der Waals surface area contributed by atoms with Gasteiger partial charge in [-0.2, -0.15) is 5.26 Å². The molecule has 0 saturated heterocycles. The van der Waals surface area contributed by atoms with Gasteiger partial charge in [0.05, 0.1) is 0 Å². The summed E-state index contributed by atoms with van der Waals surface area (Å²) in [6.07, 6.45) is 5.75. The van der Waals surface area contributed by atoms with Crippen molar-refractivity contribution in [2.75, 3.05) is 0 Å². The number of nitrogens with zero attached hydrogens (tertiary/aromatic N) is 1. The van der Waals surface area contributed by atoms with E-state index in [4.69, 9.17) is 5.26 Å². The maximum absolute atomic E-state index is 11.6. The van der Waals surface area contributed by atoms with Crippen LogP contribution in [0.1, 0.15) is 32.1 Å². The highest BCUT2D eigenvalue weighted by molar-refractivity contribution is 5.98. The van der Waals surface area contributed by atoms with Crippen molar-refractivity contribution in [3.05, 3.63) is 0 Å². The maximum Gasteiger partial charge on any atom is 0.238 e. The molecule has 4 fully saturated rings. The molecule has 0 N–H and O–H groups in total. The van der Waals surface area contributed by atoms with Gasteiger partial charge in [0.1, 0.15) is 6.07 Å². The average molecular weight is 175 g/mol. The fraction of sp³-hybridized carbons (Fsp3) is 0.818. The number of hydrogen-bond donors (Lipinski definition) is 0. The Morgan fingerprint density at radius 3 is 2.31 bits per heavy atom. The summed E-state index contributed by atoms with van der Waals surface area (Å²) in [5.74, 6) is 2.23. The fourth-order valence-corrected chi connectivity index (χ4v) is 4.21. The minimum absolute atomic E-state index is 0.121. The highest BCUT2D eigenvalue weighted by Crippen LogP contribution is 2.64. The zero-order valence-corrected chi connectivity index (χ0v) is 7.62. The predicted octanol–water partition coefficient (Wildman–Crippen LogP) is 1.91. The summed E-state index contributed by atoms with van der Waals surface area (Å²) in [7, 11) is 0. The Labute approximate surface area is 77.9 Å². The van der Waals surface area contributed by atoms with Crippen LogP contribution in [0.5, 0.6) is 0 Å². The van der Waals surface area contributed by atoms with Crippen LogP contribution < -0.4 is 0 Å². The summed E-state index contributed by atoms with van der Waals surface area (Å²) in [4.78, 5) is 11.6. The molecule has 13 heavy (non-hydrogen) atoms. The van der Waals surface area contributed by atoms with Crippen LogP contribution in [0.2, 0.25) is 0 Å². The zero-order chi connectivity index (χ0) is 9.05. The van der Waals surface area contributed by atoms with E-state index in [0.29, 0.717) is 0 Å². The molecule has 4 bridgehead atoms. The quantitative estimate of drug-likeness (QED) is 0.571. The third-order valence-electron chi connectivity index (χ3n) is 4.51. The number of carbonyl (C=O) groups excluding carboxylic acids is 1. The van der Waals surface area contributed by atoms with Crippen LogP contribution in [0, 0.1) is 34.5 Å². The van der Waals surface area contributed by atoms with Crippen LogP contribution in [0.25, 0.3) is 0 Å². The van der Waals surface area contributed by atoms with Crippen LogP contribution >= 0.6 is 0 Å². The molecule has 2 nitrogen and oxygen atoms in total. The molecule has 0 heterocycles. The highest BCUT2D eigenvalue weighted by Gasteiger charge is 2.58. The molecule has 2 unspecified atom stereocenters. The molecule has 0 amide bonds. The second-order valence-electron chi connectivity index (χ2n) is 5.19. The number of Topliss-reactive ketones (excluding diaryl/α,β-unsaturated/α-hetero) is 1. The number of nitriles is 1. The van der Waals surface area contributed by atoms with Crippen molar-refractivity contribution in [2.24, 2.45) is 23.2 Å². The van der Waals surface area contributed by atoms with Gasteiger partial charge in [0.15, 0.2) is 0 Å². The first-order valence-corrected chi connectivity index (χ1v) is 5.18. The molecule has 4 saturated carbocycles. The second-order valence-corrected chi connectivity index (χ2v) is 5.19. The smallest absolute Gasteiger partial charge is 0.238 e. The Morgan fingerprint density at radius 2 is 1.85 bits per heavy atom. The lowest BCUT2D eigenvalue weighted by atomic mass is 9.67. The second kappa shape index (κ2) is 2.15. The van der Waals surface area contributed by atoms with Crippen molar-refractivity contribution in [2.45, 2.75) is 32.1 Å². The fourth-order valence-electron chi connectivity index (χ4n) is 4.21. The van der Waals surface area contributed by atoms with E-state index in [1.165, 1.54) is 12.8 Å². The molecular formula is C11H13NO. The van der Waals surface area contributed by atoms with Gasteiger partial charge in [-0.1, -0.05) is 0 Å². The van der Waals surface area contributed by atoms with E-state index < -0.39 is 0 Å². The maximum atomic E-state index is 11.6. The Kier molecular flexibility index (Phi) is 1.25. The lowest BCUT2D eigenvalue weighted by Gasteiger charge is -2.34. The monoisotopic (exact) mass is 175 g/mol. The Balaban J connectivity index is 1.97. The number of hydrogen-bond acceptors (Lipinski definition) is 2. The van der Waals surface area contributed by atoms with E-state index in [0.717, 1.165) is 37.0 Å². The summed E-state index contributed by atoms with van der Waals surface area (Å²) < 4.78 is 0. The van der Waals surface area contributed by atoms with Crippen molar-refractivity contribution in [1.82, 2.24) is 0 Å². The summed E-state index contributed by atoms with van der Waals surface area (Å²) in [6.45, 7) is 0. The van der Waals surface area contributed by atoms with Crippen LogP contribution in [0.3, 0.4) is 0 Å². The van der Waals surface area contributed by atoms with Gasteiger partial charge in [0.2, 0.25) is 5.78 Å². The van der Waals surface area contributed by atoms with E-state index in [2.05, 4.69) is 0 Å². The van der Waals surface area contributed by atoms with Crippen LogP contribution in [-0.4, -0.2) is 5.78 Å². The lowest BCUT2D eigenvalue weighted by molar-refractivity contribution is -0.125. The number of ketones is 1. The first-order chi connectivity index (χ1) is 6.23.